The van der Waals surface area contributed by atoms with E-state index < -0.39 is 5.97 Å². The van der Waals surface area contributed by atoms with Gasteiger partial charge in [-0.15, -0.1) is 0 Å². The molecule has 0 aliphatic heterocycles. The van der Waals surface area contributed by atoms with Crippen molar-refractivity contribution in [2.45, 2.75) is 12.3 Å². The molecule has 2 atom stereocenters. The van der Waals surface area contributed by atoms with Gasteiger partial charge in [0.1, 0.15) is 0 Å². The van der Waals surface area contributed by atoms with Crippen molar-refractivity contribution in [1.29, 1.82) is 0 Å². The highest BCUT2D eigenvalue weighted by molar-refractivity contribution is 5.75. The van der Waals surface area contributed by atoms with Crippen LogP contribution >= 0.6 is 0 Å². The fourth-order valence-electron chi connectivity index (χ4n) is 1.48. The zero-order chi connectivity index (χ0) is 9.42. The molecule has 4 heteroatoms. The first-order chi connectivity index (χ1) is 6.22. The number of hydrogen-bond acceptors (Lipinski definition) is 2. The number of hydrogen-bond donors (Lipinski definition) is 1. The molecule has 0 saturated heterocycles. The Morgan fingerprint density at radius 1 is 1.85 bits per heavy atom. The highest BCUT2D eigenvalue weighted by Crippen LogP contribution is 2.47. The molecule has 1 aromatic heterocycles. The molecule has 0 aromatic carbocycles. The van der Waals surface area contributed by atoms with Gasteiger partial charge in [-0.2, -0.15) is 5.10 Å². The smallest absolute Gasteiger partial charge is 0.307 e. The predicted octanol–water partition coefficient (Wildman–Crippen LogP) is 1.17. The Balaban J connectivity index is 2.11. The van der Waals surface area contributed by atoms with Gasteiger partial charge in [-0.25, -0.2) is 4.68 Å². The SMILES string of the molecule is C=Cn1cc([C@@H]2C[C@H]2C(=O)O)cn1. The summed E-state index contributed by atoms with van der Waals surface area (Å²) < 4.78 is 1.59. The first-order valence-electron chi connectivity index (χ1n) is 4.12. The summed E-state index contributed by atoms with van der Waals surface area (Å²) in [5.74, 6) is -0.759. The topological polar surface area (TPSA) is 55.1 Å². The Bertz CT molecular complexity index is 356. The minimum atomic E-state index is -0.712. The molecule has 1 fully saturated rings. The molecule has 1 aliphatic carbocycles. The van der Waals surface area contributed by atoms with E-state index in [1.165, 1.54) is 0 Å². The Hall–Kier alpha value is -1.58. The quantitative estimate of drug-likeness (QED) is 0.755. The van der Waals surface area contributed by atoms with Crippen LogP contribution in [0.25, 0.3) is 6.20 Å². The predicted molar refractivity (Wildman–Crippen MR) is 47.1 cm³/mol. The van der Waals surface area contributed by atoms with Crippen LogP contribution in [0.4, 0.5) is 0 Å². The summed E-state index contributed by atoms with van der Waals surface area (Å²) >= 11 is 0. The molecule has 0 bridgehead atoms. The molecular weight excluding hydrogens is 168 g/mol. The third-order valence-corrected chi connectivity index (χ3v) is 2.34. The van der Waals surface area contributed by atoms with Crippen molar-refractivity contribution < 1.29 is 9.90 Å². The largest absolute Gasteiger partial charge is 0.481 e. The van der Waals surface area contributed by atoms with Gasteiger partial charge in [0.2, 0.25) is 0 Å². The van der Waals surface area contributed by atoms with E-state index >= 15 is 0 Å². The lowest BCUT2D eigenvalue weighted by atomic mass is 10.2. The van der Waals surface area contributed by atoms with Crippen LogP contribution < -0.4 is 0 Å². The van der Waals surface area contributed by atoms with Crippen molar-refractivity contribution in [3.05, 3.63) is 24.5 Å². The summed E-state index contributed by atoms with van der Waals surface area (Å²) in [4.78, 5) is 10.6. The van der Waals surface area contributed by atoms with Gasteiger partial charge in [0.05, 0.1) is 12.1 Å². The van der Waals surface area contributed by atoms with Crippen molar-refractivity contribution in [3.8, 4) is 0 Å². The summed E-state index contributed by atoms with van der Waals surface area (Å²) in [6.07, 6.45) is 5.84. The van der Waals surface area contributed by atoms with Crippen LogP contribution in [0.15, 0.2) is 19.0 Å². The summed E-state index contributed by atoms with van der Waals surface area (Å²) in [7, 11) is 0. The Labute approximate surface area is 75.5 Å². The van der Waals surface area contributed by atoms with Gasteiger partial charge < -0.3 is 5.11 Å². The molecule has 1 aliphatic rings. The maximum Gasteiger partial charge on any atom is 0.307 e. The van der Waals surface area contributed by atoms with Crippen molar-refractivity contribution >= 4 is 12.2 Å². The summed E-state index contributed by atoms with van der Waals surface area (Å²) in [6, 6.07) is 0. The number of carboxylic acid groups (broad SMARTS) is 1. The van der Waals surface area contributed by atoms with Crippen LogP contribution in [0.3, 0.4) is 0 Å². The van der Waals surface area contributed by atoms with Crippen LogP contribution in [0, 0.1) is 5.92 Å². The first-order valence-corrected chi connectivity index (χ1v) is 4.12. The normalized spacial score (nSPS) is 25.5. The van der Waals surface area contributed by atoms with Crippen LogP contribution in [0.1, 0.15) is 17.9 Å². The number of nitrogens with zero attached hydrogens (tertiary/aromatic N) is 2. The van der Waals surface area contributed by atoms with Gasteiger partial charge in [-0.05, 0) is 12.0 Å². The maximum absolute atomic E-state index is 10.6. The lowest BCUT2D eigenvalue weighted by Gasteiger charge is -1.89. The molecule has 1 saturated carbocycles. The molecule has 4 nitrogen and oxygen atoms in total. The first kappa shape index (κ1) is 8.04. The Morgan fingerprint density at radius 3 is 3.08 bits per heavy atom. The van der Waals surface area contributed by atoms with Crippen LogP contribution in [0.2, 0.25) is 0 Å². The van der Waals surface area contributed by atoms with Crippen molar-refractivity contribution in [1.82, 2.24) is 9.78 Å². The molecular formula is C9H10N2O2. The van der Waals surface area contributed by atoms with Gasteiger partial charge in [0.25, 0.3) is 0 Å². The highest BCUT2D eigenvalue weighted by atomic mass is 16.4. The molecule has 0 spiro atoms. The molecule has 0 unspecified atom stereocenters. The zero-order valence-corrected chi connectivity index (χ0v) is 7.05. The number of carboxylic acids is 1. The molecule has 0 radical (unpaired) electrons. The highest BCUT2D eigenvalue weighted by Gasteiger charge is 2.44. The summed E-state index contributed by atoms with van der Waals surface area (Å²) in [6.45, 7) is 3.56. The van der Waals surface area contributed by atoms with E-state index in [-0.39, 0.29) is 11.8 Å². The standard InChI is InChI=1S/C9H10N2O2/c1-2-11-5-6(4-10-11)7-3-8(7)9(12)13/h2,4-5,7-8H,1,3H2,(H,12,13)/t7-,8+/m0/s1. The van der Waals surface area contributed by atoms with E-state index in [1.807, 2.05) is 6.20 Å². The van der Waals surface area contributed by atoms with Crippen LogP contribution in [0.5, 0.6) is 0 Å². The average Bonchev–Trinajstić information content (AvgIpc) is 2.78. The fraction of sp³-hybridized carbons (Fsp3) is 0.333. The zero-order valence-electron chi connectivity index (χ0n) is 7.05. The minimum Gasteiger partial charge on any atom is -0.481 e. The molecule has 13 heavy (non-hydrogen) atoms. The average molecular weight is 178 g/mol. The Morgan fingerprint density at radius 2 is 2.62 bits per heavy atom. The molecule has 0 amide bonds. The van der Waals surface area contributed by atoms with Crippen molar-refractivity contribution in [3.63, 3.8) is 0 Å². The maximum atomic E-state index is 10.6. The van der Waals surface area contributed by atoms with Gasteiger partial charge in [0.15, 0.2) is 0 Å². The van der Waals surface area contributed by atoms with E-state index in [1.54, 1.807) is 17.1 Å². The third-order valence-electron chi connectivity index (χ3n) is 2.34. The molecule has 68 valence electrons. The second-order valence-corrected chi connectivity index (χ2v) is 3.22. The van der Waals surface area contributed by atoms with Gasteiger partial charge >= 0.3 is 5.97 Å². The number of rotatable bonds is 3. The fourth-order valence-corrected chi connectivity index (χ4v) is 1.48. The van der Waals surface area contributed by atoms with Crippen LogP contribution in [-0.2, 0) is 4.79 Å². The van der Waals surface area contributed by atoms with Gasteiger partial charge in [0, 0.05) is 18.3 Å². The third kappa shape index (κ3) is 1.35. The second kappa shape index (κ2) is 2.73. The summed E-state index contributed by atoms with van der Waals surface area (Å²) in [5, 5.41) is 12.7. The van der Waals surface area contributed by atoms with E-state index in [0.29, 0.717) is 0 Å². The Kier molecular flexibility index (Phi) is 1.69. The number of aromatic nitrogens is 2. The second-order valence-electron chi connectivity index (χ2n) is 3.22. The molecule has 1 heterocycles. The minimum absolute atomic E-state index is 0.159. The molecule has 1 aromatic rings. The van der Waals surface area contributed by atoms with Gasteiger partial charge in [-0.3, -0.25) is 4.79 Å². The van der Waals surface area contributed by atoms with Crippen molar-refractivity contribution in [2.24, 2.45) is 5.92 Å². The van der Waals surface area contributed by atoms with E-state index in [4.69, 9.17) is 5.11 Å². The summed E-state index contributed by atoms with van der Waals surface area (Å²) in [5.41, 5.74) is 0.993. The molecule has 1 N–H and O–H groups in total. The number of aliphatic carboxylic acids is 1. The van der Waals surface area contributed by atoms with Crippen LogP contribution in [-0.4, -0.2) is 20.9 Å². The molecule has 2 rings (SSSR count). The van der Waals surface area contributed by atoms with E-state index in [2.05, 4.69) is 11.7 Å². The van der Waals surface area contributed by atoms with Crippen molar-refractivity contribution in [2.75, 3.05) is 0 Å². The number of carbonyl (C=O) groups is 1. The van der Waals surface area contributed by atoms with E-state index in [0.717, 1.165) is 12.0 Å². The van der Waals surface area contributed by atoms with E-state index in [9.17, 15) is 4.79 Å². The monoisotopic (exact) mass is 178 g/mol. The van der Waals surface area contributed by atoms with Gasteiger partial charge in [-0.1, -0.05) is 6.58 Å². The lowest BCUT2D eigenvalue weighted by molar-refractivity contribution is -0.138. The lowest BCUT2D eigenvalue weighted by Crippen LogP contribution is -1.98.